The standard InChI is InChI=1S/C21H19F2N5O/c22-21(23)7-9-28(10-8-21)13-5-6-15-17(11-13)26-27-19(15)20(29)25-18-12-24-16-4-2-1-3-14(16)18/h1-6,11-12,24H,7-10H2,(H,25,29)(H,26,27). The first kappa shape index (κ1) is 17.7. The first-order valence-electron chi connectivity index (χ1n) is 9.49. The summed E-state index contributed by atoms with van der Waals surface area (Å²) in [5.41, 5.74) is 3.46. The number of para-hydroxylation sites is 1. The van der Waals surface area contributed by atoms with Crippen LogP contribution in [0.4, 0.5) is 20.2 Å². The molecular weight excluding hydrogens is 376 g/mol. The van der Waals surface area contributed by atoms with Crippen LogP contribution in [0.5, 0.6) is 0 Å². The molecule has 0 spiro atoms. The maximum atomic E-state index is 13.4. The predicted molar refractivity (Wildman–Crippen MR) is 109 cm³/mol. The molecule has 5 rings (SSSR count). The van der Waals surface area contributed by atoms with Crippen LogP contribution in [0, 0.1) is 0 Å². The number of carbonyl (C=O) groups is 1. The van der Waals surface area contributed by atoms with Crippen LogP contribution in [0.25, 0.3) is 21.8 Å². The number of hydrogen-bond acceptors (Lipinski definition) is 3. The zero-order valence-corrected chi connectivity index (χ0v) is 15.5. The van der Waals surface area contributed by atoms with Gasteiger partial charge in [0.05, 0.1) is 11.2 Å². The van der Waals surface area contributed by atoms with Gasteiger partial charge in [-0.25, -0.2) is 8.78 Å². The summed E-state index contributed by atoms with van der Waals surface area (Å²) >= 11 is 0. The molecule has 1 fully saturated rings. The number of H-pyrrole nitrogens is 2. The maximum Gasteiger partial charge on any atom is 0.276 e. The second-order valence-corrected chi connectivity index (χ2v) is 7.35. The lowest BCUT2D eigenvalue weighted by Gasteiger charge is -2.33. The highest BCUT2D eigenvalue weighted by atomic mass is 19.3. The van der Waals surface area contributed by atoms with Crippen LogP contribution in [0.1, 0.15) is 23.3 Å². The summed E-state index contributed by atoms with van der Waals surface area (Å²) in [5, 5.41) is 11.6. The van der Waals surface area contributed by atoms with Crippen molar-refractivity contribution in [1.82, 2.24) is 15.2 Å². The van der Waals surface area contributed by atoms with Crippen LogP contribution in [-0.4, -0.2) is 40.1 Å². The minimum absolute atomic E-state index is 0.147. The summed E-state index contributed by atoms with van der Waals surface area (Å²) in [7, 11) is 0. The summed E-state index contributed by atoms with van der Waals surface area (Å²) in [6, 6.07) is 13.2. The Bertz CT molecular complexity index is 1200. The zero-order valence-electron chi connectivity index (χ0n) is 15.5. The number of benzene rings is 2. The number of anilines is 2. The summed E-state index contributed by atoms with van der Waals surface area (Å²) < 4.78 is 26.8. The number of hydrogen-bond donors (Lipinski definition) is 3. The molecule has 2 aromatic heterocycles. The van der Waals surface area contributed by atoms with Gasteiger partial charge in [-0.2, -0.15) is 5.10 Å². The van der Waals surface area contributed by atoms with Crippen molar-refractivity contribution in [2.75, 3.05) is 23.3 Å². The van der Waals surface area contributed by atoms with Gasteiger partial charge < -0.3 is 15.2 Å². The number of carbonyl (C=O) groups excluding carboxylic acids is 1. The van der Waals surface area contributed by atoms with E-state index in [1.807, 2.05) is 47.4 Å². The number of amides is 1. The molecule has 0 radical (unpaired) electrons. The molecule has 1 aliphatic heterocycles. The number of nitrogens with one attached hydrogen (secondary N) is 3. The molecule has 1 saturated heterocycles. The van der Waals surface area contributed by atoms with Crippen LogP contribution in [0.2, 0.25) is 0 Å². The second-order valence-electron chi connectivity index (χ2n) is 7.35. The Morgan fingerprint density at radius 2 is 1.86 bits per heavy atom. The number of piperidine rings is 1. The van der Waals surface area contributed by atoms with Gasteiger partial charge >= 0.3 is 0 Å². The van der Waals surface area contributed by atoms with Crippen LogP contribution < -0.4 is 10.2 Å². The fraction of sp³-hybridized carbons (Fsp3) is 0.238. The van der Waals surface area contributed by atoms with Gasteiger partial charge in [0.25, 0.3) is 11.8 Å². The van der Waals surface area contributed by atoms with Gasteiger partial charge in [-0.3, -0.25) is 9.89 Å². The van der Waals surface area contributed by atoms with Crippen LogP contribution in [-0.2, 0) is 0 Å². The van der Waals surface area contributed by atoms with Crippen molar-refractivity contribution in [1.29, 1.82) is 0 Å². The Morgan fingerprint density at radius 3 is 2.69 bits per heavy atom. The highest BCUT2D eigenvalue weighted by Gasteiger charge is 2.34. The molecule has 3 N–H and O–H groups in total. The lowest BCUT2D eigenvalue weighted by atomic mass is 10.1. The highest BCUT2D eigenvalue weighted by Crippen LogP contribution is 2.32. The molecule has 2 aromatic carbocycles. The molecule has 0 saturated carbocycles. The van der Waals surface area contributed by atoms with E-state index >= 15 is 0 Å². The number of aromatic amines is 2. The molecule has 1 amide bonds. The van der Waals surface area contributed by atoms with Gasteiger partial charge in [-0.05, 0) is 24.3 Å². The van der Waals surface area contributed by atoms with Gasteiger partial charge in [0.15, 0.2) is 5.69 Å². The van der Waals surface area contributed by atoms with Crippen molar-refractivity contribution in [3.63, 3.8) is 0 Å². The molecule has 8 heteroatoms. The monoisotopic (exact) mass is 395 g/mol. The average Bonchev–Trinajstić information content (AvgIpc) is 3.32. The molecule has 29 heavy (non-hydrogen) atoms. The fourth-order valence-corrected chi connectivity index (χ4v) is 3.83. The molecule has 4 aromatic rings. The largest absolute Gasteiger partial charge is 0.371 e. The number of rotatable bonds is 3. The van der Waals surface area contributed by atoms with Crippen molar-refractivity contribution in [3.05, 3.63) is 54.4 Å². The van der Waals surface area contributed by atoms with Crippen LogP contribution >= 0.6 is 0 Å². The lowest BCUT2D eigenvalue weighted by Crippen LogP contribution is -2.39. The Morgan fingerprint density at radius 1 is 1.07 bits per heavy atom. The third kappa shape index (κ3) is 3.20. The third-order valence-corrected chi connectivity index (χ3v) is 5.46. The van der Waals surface area contributed by atoms with E-state index in [4.69, 9.17) is 0 Å². The van der Waals surface area contributed by atoms with Gasteiger partial charge in [-0.1, -0.05) is 18.2 Å². The van der Waals surface area contributed by atoms with E-state index in [1.54, 1.807) is 6.20 Å². The van der Waals surface area contributed by atoms with E-state index in [1.165, 1.54) is 0 Å². The van der Waals surface area contributed by atoms with Gasteiger partial charge in [0.1, 0.15) is 0 Å². The molecular formula is C21H19F2N5O. The Kier molecular flexibility index (Phi) is 4.01. The quantitative estimate of drug-likeness (QED) is 0.477. The topological polar surface area (TPSA) is 76.8 Å². The molecule has 3 heterocycles. The smallest absolute Gasteiger partial charge is 0.276 e. The number of halogens is 2. The molecule has 0 atom stereocenters. The minimum atomic E-state index is -2.58. The predicted octanol–water partition coefficient (Wildman–Crippen LogP) is 4.53. The third-order valence-electron chi connectivity index (χ3n) is 5.46. The molecule has 0 bridgehead atoms. The second kappa shape index (κ2) is 6.58. The fourth-order valence-electron chi connectivity index (χ4n) is 3.83. The molecule has 6 nitrogen and oxygen atoms in total. The zero-order chi connectivity index (χ0) is 20.0. The highest BCUT2D eigenvalue weighted by molar-refractivity contribution is 6.13. The minimum Gasteiger partial charge on any atom is -0.371 e. The molecule has 0 aliphatic carbocycles. The van der Waals surface area contributed by atoms with Crippen molar-refractivity contribution in [3.8, 4) is 0 Å². The maximum absolute atomic E-state index is 13.4. The molecule has 1 aliphatic rings. The van der Waals surface area contributed by atoms with E-state index in [2.05, 4.69) is 20.5 Å². The molecule has 148 valence electrons. The number of nitrogens with zero attached hydrogens (tertiary/aromatic N) is 2. The Balaban J connectivity index is 1.39. The SMILES string of the molecule is O=C(Nc1c[nH]c2ccccc12)c1n[nH]c2cc(N3CCC(F)(F)CC3)ccc12. The van der Waals surface area contributed by atoms with Crippen molar-refractivity contribution in [2.45, 2.75) is 18.8 Å². The van der Waals surface area contributed by atoms with E-state index in [-0.39, 0.29) is 18.7 Å². The van der Waals surface area contributed by atoms with Crippen molar-refractivity contribution in [2.24, 2.45) is 0 Å². The first-order valence-corrected chi connectivity index (χ1v) is 9.49. The first-order chi connectivity index (χ1) is 14.0. The van der Waals surface area contributed by atoms with Gasteiger partial charge in [-0.15, -0.1) is 0 Å². The Hall–Kier alpha value is -3.42. The van der Waals surface area contributed by atoms with Crippen molar-refractivity contribution >= 4 is 39.1 Å². The number of fused-ring (bicyclic) bond motifs is 2. The average molecular weight is 395 g/mol. The summed E-state index contributed by atoms with van der Waals surface area (Å²) in [6.07, 6.45) is 1.46. The van der Waals surface area contributed by atoms with Crippen molar-refractivity contribution < 1.29 is 13.6 Å². The summed E-state index contributed by atoms with van der Waals surface area (Å²) in [5.74, 6) is -2.89. The van der Waals surface area contributed by atoms with E-state index in [0.29, 0.717) is 35.4 Å². The van der Waals surface area contributed by atoms with E-state index < -0.39 is 5.92 Å². The van der Waals surface area contributed by atoms with Crippen LogP contribution in [0.3, 0.4) is 0 Å². The van der Waals surface area contributed by atoms with Crippen LogP contribution in [0.15, 0.2) is 48.7 Å². The lowest BCUT2D eigenvalue weighted by molar-refractivity contribution is -0.0220. The van der Waals surface area contributed by atoms with Gasteiger partial charge in [0.2, 0.25) is 0 Å². The van der Waals surface area contributed by atoms with E-state index in [9.17, 15) is 13.6 Å². The van der Waals surface area contributed by atoms with E-state index in [0.717, 1.165) is 16.6 Å². The summed E-state index contributed by atoms with van der Waals surface area (Å²) in [4.78, 5) is 17.8. The Labute approximate surface area is 164 Å². The van der Waals surface area contributed by atoms with Gasteiger partial charge in [0, 0.05) is 54.1 Å². The number of alkyl halides is 2. The number of aromatic nitrogens is 3. The molecule has 0 unspecified atom stereocenters. The normalized spacial score (nSPS) is 16.4. The summed E-state index contributed by atoms with van der Waals surface area (Å²) in [6.45, 7) is 0.612.